The normalized spacial score (nSPS) is 10.8. The number of anilines is 1. The Hall–Kier alpha value is -1.25. The van der Waals surface area contributed by atoms with Gasteiger partial charge in [-0.25, -0.2) is 9.67 Å². The van der Waals surface area contributed by atoms with E-state index in [-0.39, 0.29) is 11.7 Å². The first-order chi connectivity index (χ1) is 12.4. The Bertz CT molecular complexity index is 966. The minimum Gasteiger partial charge on any atom is -0.324 e. The van der Waals surface area contributed by atoms with E-state index >= 15 is 0 Å². The lowest BCUT2D eigenvalue weighted by Gasteiger charge is -2.09. The molecular formula is C16H10BrCl3N4OS. The fourth-order valence-electron chi connectivity index (χ4n) is 2.05. The van der Waals surface area contributed by atoms with E-state index in [2.05, 4.69) is 31.3 Å². The second-order valence-corrected chi connectivity index (χ2v) is 8.09. The van der Waals surface area contributed by atoms with Crippen molar-refractivity contribution in [3.63, 3.8) is 0 Å². The number of nitrogens with one attached hydrogen (secondary N) is 1. The van der Waals surface area contributed by atoms with Crippen LogP contribution < -0.4 is 5.32 Å². The molecule has 0 unspecified atom stereocenters. The molecule has 0 saturated carbocycles. The molecule has 3 aromatic rings. The molecule has 0 fully saturated rings. The molecular weight excluding hydrogens is 483 g/mol. The molecule has 0 aliphatic rings. The average Bonchev–Trinajstić information content (AvgIpc) is 3.04. The largest absolute Gasteiger partial charge is 0.324 e. The number of hydrogen-bond donors (Lipinski definition) is 1. The van der Waals surface area contributed by atoms with Gasteiger partial charge in [-0.2, -0.15) is 5.10 Å². The fourth-order valence-corrected chi connectivity index (χ4v) is 4.05. The van der Waals surface area contributed by atoms with Gasteiger partial charge in [0.2, 0.25) is 5.91 Å². The van der Waals surface area contributed by atoms with Gasteiger partial charge in [-0.05, 0) is 52.3 Å². The first-order valence-electron chi connectivity index (χ1n) is 7.17. The standard InChI is InChI=1S/C16H10BrCl3N4OS/c17-11-5-9(18)1-3-13(11)23-15(25)7-26-16-21-8-22-24(16)14-4-2-10(19)6-12(14)20/h1-6,8H,7H2,(H,23,25). The number of thioether (sulfide) groups is 1. The molecule has 0 spiro atoms. The molecule has 10 heteroatoms. The van der Waals surface area contributed by atoms with Crippen molar-refractivity contribution >= 4 is 74.1 Å². The first-order valence-corrected chi connectivity index (χ1v) is 10.1. The third kappa shape index (κ3) is 4.72. The Morgan fingerprint density at radius 2 is 1.88 bits per heavy atom. The van der Waals surface area contributed by atoms with Crippen molar-refractivity contribution in [3.05, 3.63) is 62.3 Å². The highest BCUT2D eigenvalue weighted by molar-refractivity contribution is 9.10. The van der Waals surface area contributed by atoms with Gasteiger partial charge < -0.3 is 5.32 Å². The molecule has 1 amide bonds. The molecule has 1 heterocycles. The number of amides is 1. The lowest BCUT2D eigenvalue weighted by molar-refractivity contribution is -0.113. The van der Waals surface area contributed by atoms with Gasteiger partial charge in [0.05, 0.1) is 22.2 Å². The van der Waals surface area contributed by atoms with Crippen molar-refractivity contribution in [2.24, 2.45) is 0 Å². The Kier molecular flexibility index (Phi) is 6.47. The zero-order valence-electron chi connectivity index (χ0n) is 12.9. The summed E-state index contributed by atoms with van der Waals surface area (Å²) in [5, 5.41) is 9.07. The fraction of sp³-hybridized carbons (Fsp3) is 0.0625. The van der Waals surface area contributed by atoms with E-state index in [9.17, 15) is 4.79 Å². The number of halogens is 4. The summed E-state index contributed by atoms with van der Waals surface area (Å²) in [6.07, 6.45) is 1.40. The van der Waals surface area contributed by atoms with Crippen LogP contribution >= 0.6 is 62.5 Å². The van der Waals surface area contributed by atoms with E-state index in [1.54, 1.807) is 41.1 Å². The molecule has 0 atom stereocenters. The van der Waals surface area contributed by atoms with E-state index in [1.807, 2.05) is 0 Å². The zero-order chi connectivity index (χ0) is 18.7. The number of carbonyl (C=O) groups is 1. The molecule has 134 valence electrons. The average molecular weight is 493 g/mol. The molecule has 1 aromatic heterocycles. The van der Waals surface area contributed by atoms with Crippen LogP contribution in [0.3, 0.4) is 0 Å². The van der Waals surface area contributed by atoms with Gasteiger partial charge in [0.25, 0.3) is 0 Å². The molecule has 0 radical (unpaired) electrons. The molecule has 0 saturated heterocycles. The van der Waals surface area contributed by atoms with Crippen molar-refractivity contribution in [2.45, 2.75) is 5.16 Å². The highest BCUT2D eigenvalue weighted by atomic mass is 79.9. The maximum Gasteiger partial charge on any atom is 0.234 e. The van der Waals surface area contributed by atoms with Gasteiger partial charge in [0.1, 0.15) is 6.33 Å². The van der Waals surface area contributed by atoms with E-state index < -0.39 is 0 Å². The Labute approximate surface area is 177 Å². The smallest absolute Gasteiger partial charge is 0.234 e. The number of benzene rings is 2. The maximum atomic E-state index is 12.2. The zero-order valence-corrected chi connectivity index (χ0v) is 17.6. The van der Waals surface area contributed by atoms with Gasteiger partial charge in [0.15, 0.2) is 5.16 Å². The lowest BCUT2D eigenvalue weighted by atomic mass is 10.3. The topological polar surface area (TPSA) is 59.8 Å². The Morgan fingerprint density at radius 1 is 1.15 bits per heavy atom. The van der Waals surface area contributed by atoms with E-state index in [4.69, 9.17) is 34.8 Å². The highest BCUT2D eigenvalue weighted by Crippen LogP contribution is 2.28. The van der Waals surface area contributed by atoms with Crippen LogP contribution in [0.25, 0.3) is 5.69 Å². The molecule has 0 aliphatic carbocycles. The van der Waals surface area contributed by atoms with Gasteiger partial charge >= 0.3 is 0 Å². The van der Waals surface area contributed by atoms with Crippen LogP contribution in [0.5, 0.6) is 0 Å². The maximum absolute atomic E-state index is 12.2. The van der Waals surface area contributed by atoms with Crippen LogP contribution in [-0.4, -0.2) is 26.4 Å². The summed E-state index contributed by atoms with van der Waals surface area (Å²) in [7, 11) is 0. The molecule has 3 rings (SSSR count). The molecule has 26 heavy (non-hydrogen) atoms. The number of carbonyl (C=O) groups excluding carboxylic acids is 1. The van der Waals surface area contributed by atoms with Crippen molar-refractivity contribution in [3.8, 4) is 5.69 Å². The summed E-state index contributed by atoms with van der Waals surface area (Å²) in [6.45, 7) is 0. The van der Waals surface area contributed by atoms with Gasteiger partial charge in [-0.15, -0.1) is 0 Å². The summed E-state index contributed by atoms with van der Waals surface area (Å²) >= 11 is 22.6. The van der Waals surface area contributed by atoms with E-state index in [0.717, 1.165) is 0 Å². The van der Waals surface area contributed by atoms with E-state index in [1.165, 1.54) is 18.1 Å². The van der Waals surface area contributed by atoms with Crippen LogP contribution in [0.4, 0.5) is 5.69 Å². The van der Waals surface area contributed by atoms with Crippen LogP contribution in [0, 0.1) is 0 Å². The molecule has 0 aliphatic heterocycles. The Morgan fingerprint density at radius 3 is 2.62 bits per heavy atom. The summed E-state index contributed by atoms with van der Waals surface area (Å²) in [5.74, 6) is -0.0336. The monoisotopic (exact) mass is 490 g/mol. The number of rotatable bonds is 5. The SMILES string of the molecule is O=C(CSc1ncnn1-c1ccc(Cl)cc1Cl)Nc1ccc(Cl)cc1Br. The Balaban J connectivity index is 1.69. The number of aromatic nitrogens is 3. The van der Waals surface area contributed by atoms with Gasteiger partial charge in [-0.1, -0.05) is 46.6 Å². The first kappa shape index (κ1) is 19.5. The van der Waals surface area contributed by atoms with Crippen molar-refractivity contribution < 1.29 is 4.79 Å². The van der Waals surface area contributed by atoms with Crippen LogP contribution in [0.15, 0.2) is 52.4 Å². The van der Waals surface area contributed by atoms with Crippen LogP contribution in [-0.2, 0) is 4.79 Å². The van der Waals surface area contributed by atoms with Crippen molar-refractivity contribution in [2.75, 3.05) is 11.1 Å². The molecule has 1 N–H and O–H groups in total. The second-order valence-electron chi connectivity index (χ2n) is 5.01. The number of nitrogens with zero attached hydrogens (tertiary/aromatic N) is 3. The second kappa shape index (κ2) is 8.63. The van der Waals surface area contributed by atoms with Gasteiger partial charge in [-0.3, -0.25) is 4.79 Å². The molecule has 5 nitrogen and oxygen atoms in total. The quantitative estimate of drug-likeness (QED) is 0.463. The third-order valence-electron chi connectivity index (χ3n) is 3.19. The third-order valence-corrected chi connectivity index (χ3v) is 5.56. The summed E-state index contributed by atoms with van der Waals surface area (Å²) in [6, 6.07) is 10.2. The summed E-state index contributed by atoms with van der Waals surface area (Å²) in [5.41, 5.74) is 1.28. The van der Waals surface area contributed by atoms with Crippen molar-refractivity contribution in [1.29, 1.82) is 0 Å². The highest BCUT2D eigenvalue weighted by Gasteiger charge is 2.13. The molecule has 0 bridgehead atoms. The summed E-state index contributed by atoms with van der Waals surface area (Å²) < 4.78 is 2.27. The predicted molar refractivity (Wildman–Crippen MR) is 110 cm³/mol. The van der Waals surface area contributed by atoms with E-state index in [0.29, 0.717) is 36.1 Å². The van der Waals surface area contributed by atoms with Crippen molar-refractivity contribution in [1.82, 2.24) is 14.8 Å². The minimum absolute atomic E-state index is 0.152. The van der Waals surface area contributed by atoms with Crippen LogP contribution in [0.1, 0.15) is 0 Å². The van der Waals surface area contributed by atoms with Crippen LogP contribution in [0.2, 0.25) is 15.1 Å². The number of hydrogen-bond acceptors (Lipinski definition) is 4. The minimum atomic E-state index is -0.185. The lowest BCUT2D eigenvalue weighted by Crippen LogP contribution is -2.15. The summed E-state index contributed by atoms with van der Waals surface area (Å²) in [4.78, 5) is 16.4. The molecule has 2 aromatic carbocycles. The van der Waals surface area contributed by atoms with Gasteiger partial charge in [0, 0.05) is 14.5 Å². The predicted octanol–water partition coefficient (Wildman–Crippen LogP) is 5.72.